The van der Waals surface area contributed by atoms with E-state index < -0.39 is 0 Å². The van der Waals surface area contributed by atoms with E-state index in [1.807, 2.05) is 41.2 Å². The van der Waals surface area contributed by atoms with Crippen molar-refractivity contribution < 1.29 is 25.2 Å². The molecule has 238 valence electrons. The second-order valence-electron chi connectivity index (χ2n) is 11.9. The van der Waals surface area contributed by atoms with Crippen LogP contribution in [0.1, 0.15) is 54.4 Å². The van der Waals surface area contributed by atoms with Gasteiger partial charge in [-0.2, -0.15) is 17.2 Å². The van der Waals surface area contributed by atoms with Gasteiger partial charge in [-0.15, -0.1) is 35.7 Å². The number of ether oxygens (including phenoxy) is 1. The first-order valence-corrected chi connectivity index (χ1v) is 16.2. The van der Waals surface area contributed by atoms with Crippen LogP contribution in [0.5, 0.6) is 11.5 Å². The average Bonchev–Trinajstić information content (AvgIpc) is 3.56. The molecule has 5 nitrogen and oxygen atoms in total. The monoisotopic (exact) mass is 708 g/mol. The molecule has 0 fully saturated rings. The van der Waals surface area contributed by atoms with Crippen LogP contribution in [0.4, 0.5) is 0 Å². The number of para-hydroxylation sites is 1. The molecule has 4 aromatic carbocycles. The zero-order chi connectivity index (χ0) is 31.9. The maximum Gasteiger partial charge on any atom is 2.00 e. The Balaban J connectivity index is 0.00000386. The molecular weight excluding hydrogens is 671 g/mol. The second-order valence-corrected chi connectivity index (χ2v) is 11.9. The molecule has 0 aliphatic carbocycles. The molecule has 0 N–H and O–H groups in total. The molecule has 0 aliphatic rings. The van der Waals surface area contributed by atoms with Crippen molar-refractivity contribution in [2.24, 2.45) is 0 Å². The summed E-state index contributed by atoms with van der Waals surface area (Å²) in [4.78, 5) is 4.70. The van der Waals surface area contributed by atoms with Gasteiger partial charge in [0.1, 0.15) is 5.82 Å². The van der Waals surface area contributed by atoms with Gasteiger partial charge in [-0.1, -0.05) is 56.6 Å². The Hall–Kier alpha value is -4.50. The minimum Gasteiger partial charge on any atom is -0.509 e. The predicted molar refractivity (Wildman–Crippen MR) is 188 cm³/mol. The quantitative estimate of drug-likeness (QED) is 0.117. The van der Waals surface area contributed by atoms with Gasteiger partial charge in [0, 0.05) is 34.5 Å². The van der Waals surface area contributed by atoms with E-state index in [1.165, 1.54) is 27.8 Å². The summed E-state index contributed by atoms with van der Waals surface area (Å²) in [5.74, 6) is 2.08. The Kier molecular flexibility index (Phi) is 9.19. The number of fused-ring (bicyclic) bond motifs is 3. The zero-order valence-electron chi connectivity index (χ0n) is 27.7. The molecular formula is C41H38N4OPd. The van der Waals surface area contributed by atoms with E-state index in [2.05, 4.69) is 107 Å². The molecule has 0 bridgehead atoms. The largest absolute Gasteiger partial charge is 2.00 e. The van der Waals surface area contributed by atoms with Crippen molar-refractivity contribution in [2.45, 2.75) is 60.8 Å². The smallest absolute Gasteiger partial charge is 0.509 e. The number of rotatable bonds is 8. The van der Waals surface area contributed by atoms with Crippen molar-refractivity contribution in [3.63, 3.8) is 0 Å². The van der Waals surface area contributed by atoms with Crippen molar-refractivity contribution in [1.82, 2.24) is 19.3 Å². The van der Waals surface area contributed by atoms with Crippen molar-refractivity contribution in [1.29, 1.82) is 0 Å². The fraction of sp³-hybridized carbons (Fsp3) is 0.220. The van der Waals surface area contributed by atoms with Crippen LogP contribution in [0, 0.1) is 32.9 Å². The van der Waals surface area contributed by atoms with E-state index in [0.29, 0.717) is 11.5 Å². The first-order chi connectivity index (χ1) is 22.4. The van der Waals surface area contributed by atoms with Gasteiger partial charge in [-0.3, -0.25) is 4.68 Å². The number of nitrogens with zero attached hydrogens (tertiary/aromatic N) is 4. The molecule has 0 spiro atoms. The summed E-state index contributed by atoms with van der Waals surface area (Å²) in [6.45, 7) is 13.1. The van der Waals surface area contributed by atoms with E-state index >= 15 is 0 Å². The van der Waals surface area contributed by atoms with E-state index in [1.54, 1.807) is 0 Å². The third-order valence-electron chi connectivity index (χ3n) is 8.96. The van der Waals surface area contributed by atoms with Crippen LogP contribution in [0.25, 0.3) is 44.4 Å². The van der Waals surface area contributed by atoms with Crippen LogP contribution in [0.2, 0.25) is 0 Å². The van der Waals surface area contributed by atoms with E-state index in [-0.39, 0.29) is 20.4 Å². The average molecular weight is 709 g/mol. The number of benzene rings is 4. The summed E-state index contributed by atoms with van der Waals surface area (Å²) < 4.78 is 10.6. The maximum atomic E-state index is 6.43. The van der Waals surface area contributed by atoms with Gasteiger partial charge in [0.2, 0.25) is 0 Å². The van der Waals surface area contributed by atoms with Gasteiger partial charge in [0.25, 0.3) is 0 Å². The number of aromatic nitrogens is 4. The predicted octanol–water partition coefficient (Wildman–Crippen LogP) is 10.0. The van der Waals surface area contributed by atoms with Crippen LogP contribution in [-0.2, 0) is 39.7 Å². The third kappa shape index (κ3) is 5.82. The van der Waals surface area contributed by atoms with E-state index in [4.69, 9.17) is 14.8 Å². The standard InChI is InChI=1S/C41H38N4O.Pd/c1-7-29-22-30(8-2)41(31(9-3)23-29)40-27(5)43-45(28(40)6)32-13-12-14-33(24-32)46-34-17-18-36-35-15-10-11-16-37(35)44(38(36)25-34)39-21-26(4)19-20-42-39;/h10-23H,7-9H2,1-6H3;/q-2;+2. The number of hydrogen-bond acceptors (Lipinski definition) is 3. The third-order valence-corrected chi connectivity index (χ3v) is 8.96. The molecule has 0 aliphatic heterocycles. The zero-order valence-corrected chi connectivity index (χ0v) is 29.3. The van der Waals surface area contributed by atoms with E-state index in [0.717, 1.165) is 69.5 Å². The Morgan fingerprint density at radius 1 is 0.723 bits per heavy atom. The summed E-state index contributed by atoms with van der Waals surface area (Å²) in [6.07, 6.45) is 4.85. The van der Waals surface area contributed by atoms with Crippen molar-refractivity contribution in [2.75, 3.05) is 0 Å². The Labute approximate surface area is 290 Å². The topological polar surface area (TPSA) is 44.9 Å². The van der Waals surface area contributed by atoms with Crippen LogP contribution in [0.15, 0.2) is 85.1 Å². The molecule has 7 aromatic rings. The maximum absolute atomic E-state index is 6.43. The number of aryl methyl sites for hydroxylation is 5. The van der Waals surface area contributed by atoms with Crippen molar-refractivity contribution >= 4 is 21.8 Å². The SMILES string of the molecule is CCc1cc(CC)c(-c2c(C)nn(-c3[c-]c(Oc4[c-]c5c(cc4)c4ccccc4n5-c4cc(C)ccn4)ccc3)c2C)c(CC)c1.[Pd+2]. The molecule has 47 heavy (non-hydrogen) atoms. The molecule has 0 saturated carbocycles. The molecule has 0 radical (unpaired) electrons. The summed E-state index contributed by atoms with van der Waals surface area (Å²) in [5, 5.41) is 7.28. The Bertz CT molecular complexity index is 2220. The molecule has 0 amide bonds. The fourth-order valence-electron chi connectivity index (χ4n) is 6.71. The van der Waals surface area contributed by atoms with Crippen molar-refractivity contribution in [3.05, 3.63) is 131 Å². The molecule has 6 heteroatoms. The molecule has 0 atom stereocenters. The van der Waals surface area contributed by atoms with Gasteiger partial charge in [-0.05, 0) is 97.1 Å². The minimum absolute atomic E-state index is 0. The Morgan fingerprint density at radius 2 is 1.47 bits per heavy atom. The molecule has 3 aromatic heterocycles. The normalized spacial score (nSPS) is 11.3. The van der Waals surface area contributed by atoms with Crippen molar-refractivity contribution in [3.8, 4) is 34.1 Å². The molecule has 3 heterocycles. The first kappa shape index (κ1) is 32.4. The van der Waals surface area contributed by atoms with Crippen LogP contribution < -0.4 is 4.74 Å². The summed E-state index contributed by atoms with van der Waals surface area (Å²) in [5.41, 5.74) is 12.8. The van der Waals surface area contributed by atoms with Gasteiger partial charge in [-0.25, -0.2) is 4.98 Å². The molecule has 0 saturated heterocycles. The summed E-state index contributed by atoms with van der Waals surface area (Å²) in [7, 11) is 0. The van der Waals surface area contributed by atoms with Gasteiger partial charge in [0.15, 0.2) is 0 Å². The molecule has 7 rings (SSSR count). The number of pyridine rings is 1. The number of hydrogen-bond donors (Lipinski definition) is 0. The van der Waals surface area contributed by atoms with Crippen LogP contribution in [-0.4, -0.2) is 19.3 Å². The van der Waals surface area contributed by atoms with Gasteiger partial charge >= 0.3 is 20.4 Å². The molecule has 0 unspecified atom stereocenters. The summed E-state index contributed by atoms with van der Waals surface area (Å²) >= 11 is 0. The minimum atomic E-state index is 0. The van der Waals surface area contributed by atoms with Gasteiger partial charge < -0.3 is 9.30 Å². The second kappa shape index (κ2) is 13.3. The van der Waals surface area contributed by atoms with E-state index in [9.17, 15) is 0 Å². The fourth-order valence-corrected chi connectivity index (χ4v) is 6.71. The Morgan fingerprint density at radius 3 is 2.19 bits per heavy atom. The van der Waals surface area contributed by atoms with Crippen LogP contribution >= 0.6 is 0 Å². The van der Waals surface area contributed by atoms with Crippen LogP contribution in [0.3, 0.4) is 0 Å². The van der Waals surface area contributed by atoms with Gasteiger partial charge in [0.05, 0.1) is 5.69 Å². The summed E-state index contributed by atoms with van der Waals surface area (Å²) in [6, 6.07) is 34.3. The first-order valence-electron chi connectivity index (χ1n) is 16.2.